The number of ether oxygens (including phenoxy) is 2. The number of halogens is 1. The van der Waals surface area contributed by atoms with Crippen molar-refractivity contribution in [3.05, 3.63) is 59.7 Å². The summed E-state index contributed by atoms with van der Waals surface area (Å²) < 4.78 is 11.9. The molecule has 1 heterocycles. The fourth-order valence-electron chi connectivity index (χ4n) is 5.37. The largest absolute Gasteiger partial charge is 0.494 e. The van der Waals surface area contributed by atoms with Crippen LogP contribution in [-0.4, -0.2) is 73.4 Å². The molecule has 0 saturated carbocycles. The maximum Gasteiger partial charge on any atom is 0.351 e. The van der Waals surface area contributed by atoms with Gasteiger partial charge in [-0.2, -0.15) is 0 Å². The van der Waals surface area contributed by atoms with Crippen LogP contribution in [-0.2, 0) is 19.3 Å². The Morgan fingerprint density at radius 3 is 1.57 bits per heavy atom. The van der Waals surface area contributed by atoms with E-state index >= 15 is 0 Å². The van der Waals surface area contributed by atoms with Crippen LogP contribution in [0.25, 0.3) is 0 Å². The van der Waals surface area contributed by atoms with E-state index in [2.05, 4.69) is 15.2 Å². The van der Waals surface area contributed by atoms with Gasteiger partial charge in [-0.25, -0.2) is 9.59 Å². The van der Waals surface area contributed by atoms with E-state index in [0.717, 1.165) is 63.2 Å². The van der Waals surface area contributed by atoms with E-state index < -0.39 is 24.0 Å². The van der Waals surface area contributed by atoms with Crippen LogP contribution in [0, 0.1) is 17.8 Å². The van der Waals surface area contributed by atoms with E-state index in [1.807, 2.05) is 52.0 Å². The summed E-state index contributed by atoms with van der Waals surface area (Å²) in [5.41, 5.74) is 25.0. The summed E-state index contributed by atoms with van der Waals surface area (Å²) in [6, 6.07) is 13.0. The number of benzene rings is 2. The lowest BCUT2D eigenvalue weighted by atomic mass is 9.92. The highest BCUT2D eigenvalue weighted by Gasteiger charge is 2.23. The molecule has 0 spiro atoms. The second-order valence-electron chi connectivity index (χ2n) is 13.1. The Labute approximate surface area is 308 Å². The summed E-state index contributed by atoms with van der Waals surface area (Å²) in [6.45, 7) is 12.1. The Balaban J connectivity index is 0.00000901. The third-order valence-electron chi connectivity index (χ3n) is 9.45. The van der Waals surface area contributed by atoms with Crippen LogP contribution in [0.3, 0.4) is 0 Å². The first-order valence-corrected chi connectivity index (χ1v) is 17.8. The van der Waals surface area contributed by atoms with Gasteiger partial charge in [-0.3, -0.25) is 0 Å². The SMILES string of the molecule is CC[C@H](C)[C@H](N)C(=O)ON=C(N)c1ccc(OCCCC2CCN(CCCOc3ccc(C(N)=NOC(=O)[C@@H](N)[C@@H](C)CC)cc3)CC2)cc1.Cl. The maximum atomic E-state index is 12.0. The third-order valence-corrected chi connectivity index (χ3v) is 9.45. The van der Waals surface area contributed by atoms with Gasteiger partial charge in [-0.15, -0.1) is 12.4 Å². The molecule has 0 unspecified atom stereocenters. The van der Waals surface area contributed by atoms with Gasteiger partial charge in [0, 0.05) is 17.7 Å². The summed E-state index contributed by atoms with van der Waals surface area (Å²) in [4.78, 5) is 36.4. The van der Waals surface area contributed by atoms with E-state index in [-0.39, 0.29) is 35.9 Å². The molecule has 51 heavy (non-hydrogen) atoms. The molecule has 0 radical (unpaired) electrons. The van der Waals surface area contributed by atoms with Crippen molar-refractivity contribution in [1.82, 2.24) is 4.90 Å². The highest BCUT2D eigenvalue weighted by atomic mass is 35.5. The Morgan fingerprint density at radius 1 is 0.745 bits per heavy atom. The molecule has 1 fully saturated rings. The number of piperidine rings is 1. The Kier molecular flexibility index (Phi) is 19.3. The molecule has 2 aromatic carbocycles. The van der Waals surface area contributed by atoms with Gasteiger partial charge in [0.05, 0.1) is 13.2 Å². The first kappa shape index (κ1) is 43.3. The lowest BCUT2D eigenvalue weighted by Crippen LogP contribution is -2.37. The first-order chi connectivity index (χ1) is 24.0. The predicted molar refractivity (Wildman–Crippen MR) is 203 cm³/mol. The van der Waals surface area contributed by atoms with Crippen molar-refractivity contribution in [2.45, 2.75) is 84.7 Å². The second-order valence-corrected chi connectivity index (χ2v) is 13.1. The van der Waals surface area contributed by atoms with Crippen LogP contribution < -0.4 is 32.4 Å². The summed E-state index contributed by atoms with van der Waals surface area (Å²) in [5, 5.41) is 7.49. The summed E-state index contributed by atoms with van der Waals surface area (Å²) in [6.07, 6.45) is 6.96. The molecule has 0 amide bonds. The molecule has 8 N–H and O–H groups in total. The summed E-state index contributed by atoms with van der Waals surface area (Å²) in [5.74, 6) is 1.19. The smallest absolute Gasteiger partial charge is 0.351 e. The molecule has 4 atom stereocenters. The highest BCUT2D eigenvalue weighted by Crippen LogP contribution is 2.23. The molecule has 0 aliphatic carbocycles. The van der Waals surface area contributed by atoms with Gasteiger partial charge in [-0.1, -0.05) is 50.8 Å². The van der Waals surface area contributed by atoms with Crippen LogP contribution in [0.5, 0.6) is 11.5 Å². The molecule has 1 saturated heterocycles. The van der Waals surface area contributed by atoms with Crippen molar-refractivity contribution in [1.29, 1.82) is 0 Å². The minimum absolute atomic E-state index is 0. The number of nitrogens with zero attached hydrogens (tertiary/aromatic N) is 3. The summed E-state index contributed by atoms with van der Waals surface area (Å²) >= 11 is 0. The Bertz CT molecular complexity index is 1280. The van der Waals surface area contributed by atoms with E-state index in [9.17, 15) is 9.59 Å². The van der Waals surface area contributed by atoms with Crippen molar-refractivity contribution in [2.24, 2.45) is 51.0 Å². The third kappa shape index (κ3) is 14.7. The van der Waals surface area contributed by atoms with Crippen LogP contribution in [0.1, 0.15) is 83.8 Å². The van der Waals surface area contributed by atoms with E-state index in [4.69, 9.17) is 42.1 Å². The number of carbonyl (C=O) groups is 2. The molecule has 1 aliphatic rings. The predicted octanol–water partition coefficient (Wildman–Crippen LogP) is 4.52. The minimum atomic E-state index is -0.738. The molecular weight excluding hydrogens is 674 g/mol. The van der Waals surface area contributed by atoms with Gasteiger partial charge in [0.15, 0.2) is 11.7 Å². The molecule has 2 aromatic rings. The zero-order chi connectivity index (χ0) is 36.5. The molecule has 0 aromatic heterocycles. The van der Waals surface area contributed by atoms with Crippen molar-refractivity contribution >= 4 is 36.0 Å². The fraction of sp³-hybridized carbons (Fsp3) is 0.568. The molecule has 13 nitrogen and oxygen atoms in total. The fourth-order valence-corrected chi connectivity index (χ4v) is 5.37. The van der Waals surface area contributed by atoms with E-state index in [1.165, 1.54) is 12.8 Å². The van der Waals surface area contributed by atoms with Gasteiger partial charge in [0.1, 0.15) is 23.6 Å². The number of oxime groups is 2. The number of likely N-dealkylation sites (tertiary alicyclic amines) is 1. The van der Waals surface area contributed by atoms with Gasteiger partial charge in [0.25, 0.3) is 0 Å². The highest BCUT2D eigenvalue weighted by molar-refractivity contribution is 5.98. The van der Waals surface area contributed by atoms with E-state index in [0.29, 0.717) is 30.3 Å². The van der Waals surface area contributed by atoms with Crippen molar-refractivity contribution in [2.75, 3.05) is 32.8 Å². The standard InChI is InChI=1S/C37H57N7O6.ClH/c1-5-25(3)32(38)36(45)49-42-34(40)28-10-14-30(15-11-28)47-23-7-9-27-18-21-44(22-19-27)20-8-24-48-31-16-12-29(13-17-31)35(41)43-50-37(46)33(39)26(4)6-2;/h10-17,25-27,32-33H,5-9,18-24,38-39H2,1-4H3,(H2,40,42)(H2,41,43);1H/t25-,26-,32-,33-;/m0./s1. The van der Waals surface area contributed by atoms with Gasteiger partial charge >= 0.3 is 11.9 Å². The van der Waals surface area contributed by atoms with Crippen molar-refractivity contribution < 1.29 is 28.7 Å². The topological polar surface area (TPSA) is 203 Å². The van der Waals surface area contributed by atoms with Crippen LogP contribution in [0.15, 0.2) is 58.8 Å². The molecule has 1 aliphatic heterocycles. The Hall–Kier alpha value is -3.91. The second kappa shape index (κ2) is 22.8. The van der Waals surface area contributed by atoms with Crippen molar-refractivity contribution in [3.8, 4) is 11.5 Å². The summed E-state index contributed by atoms with van der Waals surface area (Å²) in [7, 11) is 0. The number of rotatable bonds is 20. The van der Waals surface area contributed by atoms with Crippen LogP contribution in [0.4, 0.5) is 0 Å². The maximum absolute atomic E-state index is 12.0. The monoisotopic (exact) mass is 731 g/mol. The molecule has 284 valence electrons. The number of carbonyl (C=O) groups excluding carboxylic acids is 2. The minimum Gasteiger partial charge on any atom is -0.494 e. The lowest BCUT2D eigenvalue weighted by Gasteiger charge is -2.32. The molecule has 3 rings (SSSR count). The molecule has 14 heteroatoms. The Morgan fingerprint density at radius 2 is 1.16 bits per heavy atom. The van der Waals surface area contributed by atoms with Crippen LogP contribution in [0.2, 0.25) is 0 Å². The quantitative estimate of drug-likeness (QED) is 0.0490. The van der Waals surface area contributed by atoms with Gasteiger partial charge in [0.2, 0.25) is 0 Å². The number of hydrogen-bond donors (Lipinski definition) is 4. The number of amidine groups is 2. The molecular formula is C37H58ClN7O6. The normalized spacial score (nSPS) is 16.7. The van der Waals surface area contributed by atoms with Gasteiger partial charge < -0.3 is 47.0 Å². The number of nitrogens with two attached hydrogens (primary N) is 4. The van der Waals surface area contributed by atoms with Gasteiger partial charge in [-0.05, 0) is 111 Å². The average Bonchev–Trinajstić information content (AvgIpc) is 3.15. The van der Waals surface area contributed by atoms with Crippen molar-refractivity contribution in [3.63, 3.8) is 0 Å². The molecule has 0 bridgehead atoms. The van der Waals surface area contributed by atoms with E-state index in [1.54, 1.807) is 24.3 Å². The van der Waals surface area contributed by atoms with Crippen LogP contribution >= 0.6 is 12.4 Å². The zero-order valence-electron chi connectivity index (χ0n) is 30.5. The average molecular weight is 732 g/mol. The number of hydrogen-bond acceptors (Lipinski definition) is 11. The zero-order valence-corrected chi connectivity index (χ0v) is 31.3. The lowest BCUT2D eigenvalue weighted by molar-refractivity contribution is -0.147. The first-order valence-electron chi connectivity index (χ1n) is 17.8.